The van der Waals surface area contributed by atoms with Crippen LogP contribution in [0.1, 0.15) is 15.4 Å². The lowest BCUT2D eigenvalue weighted by atomic mass is 10.2. The van der Waals surface area contributed by atoms with Gasteiger partial charge in [0.05, 0.1) is 17.1 Å². The van der Waals surface area contributed by atoms with Gasteiger partial charge in [-0.05, 0) is 18.2 Å². The average Bonchev–Trinajstić information content (AvgIpc) is 3.18. The molecular weight excluding hydrogens is 321 g/mol. The molecule has 22 heavy (non-hydrogen) atoms. The number of nitrogens with one attached hydrogen (secondary N) is 1. The van der Waals surface area contributed by atoms with Crippen molar-refractivity contribution in [3.63, 3.8) is 0 Å². The molecule has 4 rings (SSSR count). The summed E-state index contributed by atoms with van der Waals surface area (Å²) in [5.41, 5.74) is 0.799. The fourth-order valence-electron chi connectivity index (χ4n) is 2.26. The van der Waals surface area contributed by atoms with E-state index in [1.54, 1.807) is 23.5 Å². The maximum absolute atomic E-state index is 13.7. The first-order chi connectivity index (χ1) is 10.7. The number of hydrogen-bond acceptors (Lipinski definition) is 4. The summed E-state index contributed by atoms with van der Waals surface area (Å²) in [5, 5.41) is 5.27. The van der Waals surface area contributed by atoms with Crippen LogP contribution in [0, 0.1) is 5.82 Å². The first-order valence-electron chi connectivity index (χ1n) is 6.58. The van der Waals surface area contributed by atoms with Crippen LogP contribution in [0.3, 0.4) is 0 Å². The Labute approximate surface area is 132 Å². The van der Waals surface area contributed by atoms with Crippen molar-refractivity contribution >= 4 is 43.6 Å². The molecule has 0 radical (unpaired) electrons. The number of hydrogen-bond donors (Lipinski definition) is 1. The highest BCUT2D eigenvalue weighted by Gasteiger charge is 2.13. The highest BCUT2D eigenvalue weighted by atomic mass is 32.1. The highest BCUT2D eigenvalue weighted by Crippen LogP contribution is 2.27. The van der Waals surface area contributed by atoms with Crippen molar-refractivity contribution in [2.75, 3.05) is 0 Å². The molecule has 0 fully saturated rings. The van der Waals surface area contributed by atoms with Crippen LogP contribution in [0.15, 0.2) is 42.0 Å². The van der Waals surface area contributed by atoms with Crippen LogP contribution in [0.4, 0.5) is 4.39 Å². The van der Waals surface area contributed by atoms with Crippen LogP contribution >= 0.6 is 22.7 Å². The zero-order chi connectivity index (χ0) is 15.1. The lowest BCUT2D eigenvalue weighted by molar-refractivity contribution is 0.0954. The normalized spacial score (nSPS) is 11.3. The van der Waals surface area contributed by atoms with Crippen molar-refractivity contribution in [2.24, 2.45) is 0 Å². The van der Waals surface area contributed by atoms with Gasteiger partial charge in [-0.15, -0.1) is 22.7 Å². The Morgan fingerprint density at radius 1 is 1.41 bits per heavy atom. The van der Waals surface area contributed by atoms with Crippen LogP contribution in [-0.4, -0.2) is 15.3 Å². The molecule has 0 spiro atoms. The van der Waals surface area contributed by atoms with Gasteiger partial charge in [-0.2, -0.15) is 0 Å². The number of carbonyl (C=O) groups excluding carboxylic acids is 1. The quantitative estimate of drug-likeness (QED) is 0.622. The number of carbonyl (C=O) groups is 1. The van der Waals surface area contributed by atoms with Gasteiger partial charge in [-0.3, -0.25) is 9.20 Å². The van der Waals surface area contributed by atoms with E-state index in [1.165, 1.54) is 17.4 Å². The molecule has 0 aliphatic heterocycles. The Kier molecular flexibility index (Phi) is 3.16. The second-order valence-corrected chi connectivity index (χ2v) is 6.73. The Bertz CT molecular complexity index is 957. The molecule has 0 saturated carbocycles. The van der Waals surface area contributed by atoms with Crippen molar-refractivity contribution in [3.05, 3.63) is 58.4 Å². The molecule has 0 bridgehead atoms. The summed E-state index contributed by atoms with van der Waals surface area (Å²) in [6.45, 7) is 0.351. The van der Waals surface area contributed by atoms with Crippen molar-refractivity contribution < 1.29 is 9.18 Å². The number of benzene rings is 1. The average molecular weight is 331 g/mol. The molecule has 1 amide bonds. The van der Waals surface area contributed by atoms with Crippen molar-refractivity contribution in [1.82, 2.24) is 14.7 Å². The summed E-state index contributed by atoms with van der Waals surface area (Å²) in [5.74, 6) is -0.515. The van der Waals surface area contributed by atoms with Crippen LogP contribution in [-0.2, 0) is 6.54 Å². The van der Waals surface area contributed by atoms with Gasteiger partial charge in [0, 0.05) is 27.9 Å². The predicted molar refractivity (Wildman–Crippen MR) is 86.0 cm³/mol. The van der Waals surface area contributed by atoms with E-state index in [0.717, 1.165) is 15.4 Å². The molecule has 0 aliphatic carbocycles. The van der Waals surface area contributed by atoms with E-state index in [-0.39, 0.29) is 11.7 Å². The molecule has 1 N–H and O–H groups in total. The molecule has 1 aromatic carbocycles. The minimum atomic E-state index is -0.304. The first kappa shape index (κ1) is 13.4. The van der Waals surface area contributed by atoms with Crippen LogP contribution in [0.25, 0.3) is 15.0 Å². The largest absolute Gasteiger partial charge is 0.346 e. The number of rotatable bonds is 3. The number of halogens is 1. The van der Waals surface area contributed by atoms with Crippen molar-refractivity contribution in [2.45, 2.75) is 6.54 Å². The number of nitrogens with zero attached hydrogens (tertiary/aromatic N) is 2. The summed E-state index contributed by atoms with van der Waals surface area (Å²) in [6.07, 6.45) is 3.81. The Morgan fingerprint density at radius 3 is 3.14 bits per heavy atom. The number of aromatic nitrogens is 2. The molecule has 4 nitrogen and oxygen atoms in total. The summed E-state index contributed by atoms with van der Waals surface area (Å²) >= 11 is 2.83. The number of fused-ring (bicyclic) bond motifs is 2. The minimum absolute atomic E-state index is 0.211. The standard InChI is InChI=1S/C15H10FN3OS2/c16-11-2-1-3-12-10(11)6-13(22-12)14(20)17-7-9-8-19-4-5-21-15(19)18-9/h1-6,8H,7H2,(H,17,20). The third kappa shape index (κ3) is 2.28. The fourth-order valence-corrected chi connectivity index (χ4v) is 3.97. The number of thiophene rings is 1. The molecule has 3 aromatic heterocycles. The Balaban J connectivity index is 1.53. The van der Waals surface area contributed by atoms with Crippen molar-refractivity contribution in [3.8, 4) is 0 Å². The molecule has 0 unspecified atom stereocenters. The molecule has 0 saturated heterocycles. The summed E-state index contributed by atoms with van der Waals surface area (Å²) in [6, 6.07) is 6.45. The van der Waals surface area contributed by atoms with Gasteiger partial charge in [0.2, 0.25) is 0 Å². The fraction of sp³-hybridized carbons (Fsp3) is 0.0667. The van der Waals surface area contributed by atoms with E-state index in [0.29, 0.717) is 16.8 Å². The summed E-state index contributed by atoms with van der Waals surface area (Å²) < 4.78 is 16.3. The second kappa shape index (κ2) is 5.19. The number of thiazole rings is 1. The third-order valence-electron chi connectivity index (χ3n) is 3.31. The van der Waals surface area contributed by atoms with Gasteiger partial charge in [0.1, 0.15) is 5.82 Å². The molecule has 4 aromatic rings. The molecule has 3 heterocycles. The third-order valence-corrected chi connectivity index (χ3v) is 5.18. The monoisotopic (exact) mass is 331 g/mol. The topological polar surface area (TPSA) is 46.4 Å². The highest BCUT2D eigenvalue weighted by molar-refractivity contribution is 7.20. The molecule has 0 aliphatic rings. The lowest BCUT2D eigenvalue weighted by Crippen LogP contribution is -2.21. The Hall–Kier alpha value is -2.25. The van der Waals surface area contributed by atoms with Gasteiger partial charge in [0.15, 0.2) is 4.96 Å². The minimum Gasteiger partial charge on any atom is -0.346 e. The van der Waals surface area contributed by atoms with E-state index in [9.17, 15) is 9.18 Å². The second-order valence-electron chi connectivity index (χ2n) is 4.77. The van der Waals surface area contributed by atoms with Crippen LogP contribution < -0.4 is 5.32 Å². The van der Waals surface area contributed by atoms with E-state index in [4.69, 9.17) is 0 Å². The van der Waals surface area contributed by atoms with Gasteiger partial charge >= 0.3 is 0 Å². The molecule has 110 valence electrons. The van der Waals surface area contributed by atoms with Crippen LogP contribution in [0.5, 0.6) is 0 Å². The molecule has 0 atom stereocenters. The Morgan fingerprint density at radius 2 is 2.32 bits per heavy atom. The number of imidazole rings is 1. The van der Waals surface area contributed by atoms with E-state index >= 15 is 0 Å². The van der Waals surface area contributed by atoms with E-state index < -0.39 is 0 Å². The molecular formula is C15H10FN3OS2. The zero-order valence-electron chi connectivity index (χ0n) is 11.2. The van der Waals surface area contributed by atoms with Crippen LogP contribution in [0.2, 0.25) is 0 Å². The summed E-state index contributed by atoms with van der Waals surface area (Å²) in [4.78, 5) is 18.0. The van der Waals surface area contributed by atoms with E-state index in [2.05, 4.69) is 10.3 Å². The smallest absolute Gasteiger partial charge is 0.261 e. The maximum Gasteiger partial charge on any atom is 0.261 e. The first-order valence-corrected chi connectivity index (χ1v) is 8.28. The zero-order valence-corrected chi connectivity index (χ0v) is 12.9. The van der Waals surface area contributed by atoms with E-state index in [1.807, 2.05) is 28.2 Å². The van der Waals surface area contributed by atoms with Gasteiger partial charge in [-0.1, -0.05) is 6.07 Å². The summed E-state index contributed by atoms with van der Waals surface area (Å²) in [7, 11) is 0. The maximum atomic E-state index is 13.7. The van der Waals surface area contributed by atoms with Gasteiger partial charge in [0.25, 0.3) is 5.91 Å². The van der Waals surface area contributed by atoms with Gasteiger partial charge in [-0.25, -0.2) is 9.37 Å². The van der Waals surface area contributed by atoms with Gasteiger partial charge < -0.3 is 5.32 Å². The van der Waals surface area contributed by atoms with Crippen molar-refractivity contribution in [1.29, 1.82) is 0 Å². The lowest BCUT2D eigenvalue weighted by Gasteiger charge is -1.99. The predicted octanol–water partition coefficient (Wildman–Crippen LogP) is 3.68. The SMILES string of the molecule is O=C(NCc1cn2ccsc2n1)c1cc2c(F)cccc2s1. The number of amides is 1. The molecule has 7 heteroatoms.